The van der Waals surface area contributed by atoms with Crippen molar-refractivity contribution in [2.75, 3.05) is 12.4 Å². The van der Waals surface area contributed by atoms with Gasteiger partial charge in [-0.1, -0.05) is 48.5 Å². The van der Waals surface area contributed by atoms with Gasteiger partial charge in [-0.05, 0) is 54.1 Å². The Morgan fingerprint density at radius 2 is 1.26 bits per heavy atom. The third kappa shape index (κ3) is 5.99. The molecule has 0 saturated carbocycles. The third-order valence-electron chi connectivity index (χ3n) is 5.08. The van der Waals surface area contributed by atoms with Crippen LogP contribution in [0.25, 0.3) is 0 Å². The fraction of sp³-hybridized carbons (Fsp3) is 0.0769. The molecule has 0 radical (unpaired) electrons. The number of non-ortho nitro benzene ring substituents is 1. The van der Waals surface area contributed by atoms with Crippen molar-refractivity contribution >= 4 is 19.0 Å². The Kier molecular flexibility index (Phi) is 7.33. The lowest BCUT2D eigenvalue weighted by molar-refractivity contribution is -0.384. The smallest absolute Gasteiger partial charge is 0.457 e. The summed E-state index contributed by atoms with van der Waals surface area (Å²) in [6.45, 7) is 0. The quantitative estimate of drug-likeness (QED) is 0.144. The predicted octanol–water partition coefficient (Wildman–Crippen LogP) is 7.07. The number of ether oxygens (including phenoxy) is 1. The number of nitro benzene ring substituents is 1. The Hall–Kier alpha value is -4.29. The first-order valence-electron chi connectivity index (χ1n) is 10.7. The molecular formula is C26H23N2O6P. The molecule has 4 aromatic rings. The topological polar surface area (TPSA) is 99.9 Å². The average molecular weight is 490 g/mol. The second-order valence-electron chi connectivity index (χ2n) is 7.47. The van der Waals surface area contributed by atoms with E-state index in [-0.39, 0.29) is 5.69 Å². The zero-order chi connectivity index (χ0) is 24.7. The molecule has 1 unspecified atom stereocenters. The number of nitrogens with zero attached hydrogens (tertiary/aromatic N) is 1. The number of benzene rings is 4. The molecule has 0 saturated heterocycles. The van der Waals surface area contributed by atoms with Crippen LogP contribution in [0.15, 0.2) is 109 Å². The van der Waals surface area contributed by atoms with Crippen LogP contribution >= 0.6 is 7.60 Å². The van der Waals surface area contributed by atoms with Crippen LogP contribution in [0.4, 0.5) is 11.4 Å². The van der Waals surface area contributed by atoms with Crippen molar-refractivity contribution in [3.63, 3.8) is 0 Å². The molecule has 9 heteroatoms. The monoisotopic (exact) mass is 490 g/mol. The van der Waals surface area contributed by atoms with Crippen molar-refractivity contribution in [1.29, 1.82) is 0 Å². The number of methoxy groups -OCH3 is 1. The molecule has 0 aliphatic heterocycles. The maximum Gasteiger partial charge on any atom is 0.457 e. The first-order valence-corrected chi connectivity index (χ1v) is 12.3. The molecule has 1 N–H and O–H groups in total. The number of para-hydroxylation sites is 2. The molecule has 0 aromatic heterocycles. The van der Waals surface area contributed by atoms with Gasteiger partial charge in [0, 0.05) is 17.8 Å². The van der Waals surface area contributed by atoms with Crippen LogP contribution in [-0.4, -0.2) is 12.0 Å². The zero-order valence-corrected chi connectivity index (χ0v) is 19.7. The SMILES string of the molecule is COc1ccc(C(Nc2ccc([N+](=O)[O-])cc2)P(=O)(Oc2ccccc2)Oc2ccccc2)cc1. The van der Waals surface area contributed by atoms with Crippen molar-refractivity contribution < 1.29 is 23.3 Å². The molecule has 8 nitrogen and oxygen atoms in total. The van der Waals surface area contributed by atoms with Crippen molar-refractivity contribution in [3.05, 3.63) is 125 Å². The van der Waals surface area contributed by atoms with Crippen LogP contribution in [0.2, 0.25) is 0 Å². The minimum absolute atomic E-state index is 0.0548. The molecule has 4 rings (SSSR count). The maximum atomic E-state index is 14.5. The number of hydrogen-bond acceptors (Lipinski definition) is 7. The van der Waals surface area contributed by atoms with Gasteiger partial charge in [0.25, 0.3) is 5.69 Å². The van der Waals surface area contributed by atoms with E-state index < -0.39 is 18.3 Å². The Bertz CT molecular complexity index is 1250. The second kappa shape index (κ2) is 10.8. The largest absolute Gasteiger partial charge is 0.497 e. The number of anilines is 1. The molecule has 0 fully saturated rings. The second-order valence-corrected chi connectivity index (χ2v) is 9.43. The van der Waals surface area contributed by atoms with Gasteiger partial charge in [0.15, 0.2) is 5.78 Å². The van der Waals surface area contributed by atoms with E-state index >= 15 is 0 Å². The fourth-order valence-electron chi connectivity index (χ4n) is 3.35. The van der Waals surface area contributed by atoms with Crippen LogP contribution in [0.1, 0.15) is 11.3 Å². The number of nitro groups is 1. The first kappa shape index (κ1) is 23.9. The van der Waals surface area contributed by atoms with Crippen LogP contribution in [0.5, 0.6) is 17.2 Å². The molecule has 0 bridgehead atoms. The summed E-state index contributed by atoms with van der Waals surface area (Å²) in [7, 11) is -2.44. The molecule has 0 aliphatic rings. The summed E-state index contributed by atoms with van der Waals surface area (Å²) in [6, 6.07) is 30.4. The molecule has 0 amide bonds. The van der Waals surface area contributed by atoms with E-state index in [0.29, 0.717) is 28.5 Å². The molecule has 0 spiro atoms. The highest BCUT2D eigenvalue weighted by Gasteiger charge is 2.41. The van der Waals surface area contributed by atoms with Crippen molar-refractivity contribution in [2.45, 2.75) is 5.78 Å². The molecule has 0 heterocycles. The van der Waals surface area contributed by atoms with Crippen molar-refractivity contribution in [1.82, 2.24) is 0 Å². The molecule has 1 atom stereocenters. The van der Waals surface area contributed by atoms with E-state index in [4.69, 9.17) is 13.8 Å². The van der Waals surface area contributed by atoms with Gasteiger partial charge >= 0.3 is 7.60 Å². The lowest BCUT2D eigenvalue weighted by Gasteiger charge is -2.29. The normalized spacial score (nSPS) is 11.8. The molecular weight excluding hydrogens is 467 g/mol. The van der Waals surface area contributed by atoms with E-state index in [0.717, 1.165) is 0 Å². The lowest BCUT2D eigenvalue weighted by atomic mass is 10.2. The van der Waals surface area contributed by atoms with Gasteiger partial charge in [-0.25, -0.2) is 4.57 Å². The van der Waals surface area contributed by atoms with Gasteiger partial charge in [-0.15, -0.1) is 0 Å². The summed E-state index contributed by atoms with van der Waals surface area (Å²) in [5, 5.41) is 14.3. The first-order chi connectivity index (χ1) is 17.0. The highest BCUT2D eigenvalue weighted by atomic mass is 31.2. The van der Waals surface area contributed by atoms with Gasteiger partial charge < -0.3 is 19.1 Å². The Morgan fingerprint density at radius 1 is 0.743 bits per heavy atom. The predicted molar refractivity (Wildman–Crippen MR) is 134 cm³/mol. The van der Waals surface area contributed by atoms with Crippen LogP contribution in [0.3, 0.4) is 0 Å². The molecule has 0 aliphatic carbocycles. The Morgan fingerprint density at radius 3 is 1.71 bits per heavy atom. The summed E-state index contributed by atoms with van der Waals surface area (Å²) in [5.74, 6) is 0.410. The highest BCUT2D eigenvalue weighted by molar-refractivity contribution is 7.55. The molecule has 35 heavy (non-hydrogen) atoms. The lowest BCUT2D eigenvalue weighted by Crippen LogP contribution is -2.18. The van der Waals surface area contributed by atoms with E-state index in [9.17, 15) is 14.7 Å². The fourth-order valence-corrected chi connectivity index (χ4v) is 5.27. The van der Waals surface area contributed by atoms with Gasteiger partial charge in [-0.3, -0.25) is 10.1 Å². The van der Waals surface area contributed by atoms with Gasteiger partial charge in [-0.2, -0.15) is 0 Å². The summed E-state index contributed by atoms with van der Waals surface area (Å²) in [6.07, 6.45) is 0. The molecule has 178 valence electrons. The van der Waals surface area contributed by atoms with Gasteiger partial charge in [0.1, 0.15) is 17.2 Å². The Balaban J connectivity index is 1.78. The van der Waals surface area contributed by atoms with E-state index in [1.165, 1.54) is 12.1 Å². The number of hydrogen-bond donors (Lipinski definition) is 1. The minimum atomic E-state index is -4.00. The zero-order valence-electron chi connectivity index (χ0n) is 18.8. The standard InChI is InChI=1S/C26H23N2O6P/c1-32-23-18-12-20(13-19-23)26(27-21-14-16-22(17-15-21)28(29)30)35(31,33-24-8-4-2-5-9-24)34-25-10-6-3-7-11-25/h2-19,26-27H,1H3. The summed E-state index contributed by atoms with van der Waals surface area (Å²) >= 11 is 0. The van der Waals surface area contributed by atoms with E-state index in [1.54, 1.807) is 92.0 Å². The third-order valence-corrected chi connectivity index (χ3v) is 7.07. The summed E-state index contributed by atoms with van der Waals surface area (Å²) in [5.41, 5.74) is 1.06. The van der Waals surface area contributed by atoms with Crippen LogP contribution in [0, 0.1) is 10.1 Å². The Labute approximate surface area is 202 Å². The maximum absolute atomic E-state index is 14.5. The van der Waals surface area contributed by atoms with Gasteiger partial charge in [0.05, 0.1) is 12.0 Å². The van der Waals surface area contributed by atoms with E-state index in [2.05, 4.69) is 5.32 Å². The number of rotatable bonds is 10. The van der Waals surface area contributed by atoms with Crippen LogP contribution < -0.4 is 19.1 Å². The average Bonchev–Trinajstić information content (AvgIpc) is 2.88. The number of nitrogens with one attached hydrogen (secondary N) is 1. The van der Waals surface area contributed by atoms with Crippen molar-refractivity contribution in [2.24, 2.45) is 0 Å². The summed E-state index contributed by atoms with van der Waals surface area (Å²) in [4.78, 5) is 10.6. The highest BCUT2D eigenvalue weighted by Crippen LogP contribution is 2.60. The van der Waals surface area contributed by atoms with Crippen LogP contribution in [-0.2, 0) is 4.57 Å². The molecule has 4 aromatic carbocycles. The van der Waals surface area contributed by atoms with Crippen molar-refractivity contribution in [3.8, 4) is 17.2 Å². The minimum Gasteiger partial charge on any atom is -0.497 e. The summed E-state index contributed by atoms with van der Waals surface area (Å²) < 4.78 is 31.9. The van der Waals surface area contributed by atoms with Gasteiger partial charge in [0.2, 0.25) is 0 Å². The van der Waals surface area contributed by atoms with E-state index in [1.807, 2.05) is 12.1 Å².